The van der Waals surface area contributed by atoms with Gasteiger partial charge in [-0.1, -0.05) is 58.1 Å². The van der Waals surface area contributed by atoms with Gasteiger partial charge in [-0.2, -0.15) is 0 Å². The van der Waals surface area contributed by atoms with E-state index in [2.05, 4.69) is 33.8 Å². The Labute approximate surface area is 165 Å². The van der Waals surface area contributed by atoms with E-state index in [1.165, 1.54) is 37.7 Å². The zero-order valence-corrected chi connectivity index (χ0v) is 17.8. The molecule has 0 bridgehead atoms. The van der Waals surface area contributed by atoms with Gasteiger partial charge in [0.25, 0.3) is 0 Å². The first-order valence-electron chi connectivity index (χ1n) is 10.7. The van der Waals surface area contributed by atoms with Crippen molar-refractivity contribution >= 4 is 0 Å². The lowest BCUT2D eigenvalue weighted by Crippen LogP contribution is -2.53. The van der Waals surface area contributed by atoms with Gasteiger partial charge in [0, 0.05) is 0 Å². The molecular formula is C22H42O5. The number of hydrogen-bond acceptors (Lipinski definition) is 5. The summed E-state index contributed by atoms with van der Waals surface area (Å²) in [6, 6.07) is 0. The molecule has 160 valence electrons. The first-order chi connectivity index (χ1) is 12.8. The number of aliphatic hydroxyl groups is 3. The van der Waals surface area contributed by atoms with Gasteiger partial charge in [0.2, 0.25) is 0 Å². The number of allylic oxidation sites excluding steroid dienone is 2. The van der Waals surface area contributed by atoms with Crippen molar-refractivity contribution in [1.82, 2.24) is 0 Å². The predicted octanol–water partition coefficient (Wildman–Crippen LogP) is 3.80. The summed E-state index contributed by atoms with van der Waals surface area (Å²) in [4.78, 5) is 0. The Bertz CT molecular complexity index is 410. The van der Waals surface area contributed by atoms with E-state index in [1.54, 1.807) is 0 Å². The van der Waals surface area contributed by atoms with Crippen LogP contribution < -0.4 is 0 Å². The molecule has 0 aliphatic carbocycles. The third-order valence-electron chi connectivity index (χ3n) is 5.32. The standard InChI is InChI=1S/C22H42O5/c1-16(2)9-7-11-18(4)13-8-12-17(3)10-5-6-14-26-22-21(25)20(24)19(23)15-27-22/h10,16,18-25H,5-9,11-15H2,1-4H3/t18?,19-,20+,21-,22?/m1/s1. The van der Waals surface area contributed by atoms with Crippen LogP contribution in [0.2, 0.25) is 0 Å². The Morgan fingerprint density at radius 1 is 1.04 bits per heavy atom. The zero-order valence-electron chi connectivity index (χ0n) is 17.8. The van der Waals surface area contributed by atoms with Crippen LogP contribution in [0, 0.1) is 11.8 Å². The van der Waals surface area contributed by atoms with Crippen LogP contribution in [0.1, 0.15) is 79.1 Å². The molecule has 0 aromatic carbocycles. The number of ether oxygens (including phenoxy) is 2. The van der Waals surface area contributed by atoms with Gasteiger partial charge >= 0.3 is 0 Å². The number of unbranched alkanes of at least 4 members (excludes halogenated alkanes) is 1. The van der Waals surface area contributed by atoms with Crippen LogP contribution in [0.5, 0.6) is 0 Å². The first-order valence-corrected chi connectivity index (χ1v) is 10.7. The second-order valence-corrected chi connectivity index (χ2v) is 8.64. The third kappa shape index (κ3) is 10.6. The van der Waals surface area contributed by atoms with Crippen LogP contribution in [-0.2, 0) is 9.47 Å². The minimum atomic E-state index is -1.21. The molecule has 0 saturated carbocycles. The van der Waals surface area contributed by atoms with Crippen molar-refractivity contribution in [3.8, 4) is 0 Å². The van der Waals surface area contributed by atoms with E-state index in [9.17, 15) is 15.3 Å². The average molecular weight is 387 g/mol. The highest BCUT2D eigenvalue weighted by Gasteiger charge is 2.37. The van der Waals surface area contributed by atoms with Crippen LogP contribution in [0.4, 0.5) is 0 Å². The fraction of sp³-hybridized carbons (Fsp3) is 0.909. The van der Waals surface area contributed by atoms with E-state index in [4.69, 9.17) is 9.47 Å². The summed E-state index contributed by atoms with van der Waals surface area (Å²) < 4.78 is 10.7. The summed E-state index contributed by atoms with van der Waals surface area (Å²) in [5.41, 5.74) is 1.43. The Kier molecular flexibility index (Phi) is 12.4. The van der Waals surface area contributed by atoms with Crippen LogP contribution in [0.3, 0.4) is 0 Å². The lowest BCUT2D eigenvalue weighted by Gasteiger charge is -2.34. The molecule has 5 nitrogen and oxygen atoms in total. The molecule has 0 aromatic heterocycles. The molecule has 5 heteroatoms. The van der Waals surface area contributed by atoms with Crippen molar-refractivity contribution in [2.45, 2.75) is 104 Å². The minimum absolute atomic E-state index is 0.0161. The predicted molar refractivity (Wildman–Crippen MR) is 108 cm³/mol. The van der Waals surface area contributed by atoms with Gasteiger partial charge in [0.05, 0.1) is 13.2 Å². The smallest absolute Gasteiger partial charge is 0.186 e. The molecule has 0 radical (unpaired) electrons. The van der Waals surface area contributed by atoms with Crippen molar-refractivity contribution in [3.05, 3.63) is 11.6 Å². The number of rotatable bonds is 13. The molecule has 1 aliphatic rings. The quantitative estimate of drug-likeness (QED) is 0.331. The van der Waals surface area contributed by atoms with E-state index in [0.717, 1.165) is 31.1 Å². The number of hydrogen-bond donors (Lipinski definition) is 3. The fourth-order valence-electron chi connectivity index (χ4n) is 3.41. The summed E-state index contributed by atoms with van der Waals surface area (Å²) in [5, 5.41) is 28.8. The van der Waals surface area contributed by atoms with Gasteiger partial charge < -0.3 is 24.8 Å². The van der Waals surface area contributed by atoms with E-state index in [-0.39, 0.29) is 6.61 Å². The van der Waals surface area contributed by atoms with Crippen molar-refractivity contribution < 1.29 is 24.8 Å². The first kappa shape index (κ1) is 24.6. The lowest BCUT2D eigenvalue weighted by atomic mass is 9.94. The molecule has 5 atom stereocenters. The monoisotopic (exact) mass is 386 g/mol. The Morgan fingerprint density at radius 3 is 2.44 bits per heavy atom. The summed E-state index contributed by atoms with van der Waals surface area (Å²) in [5.74, 6) is 1.64. The molecule has 1 aliphatic heterocycles. The maximum atomic E-state index is 9.80. The Morgan fingerprint density at radius 2 is 1.74 bits per heavy atom. The average Bonchev–Trinajstić information content (AvgIpc) is 2.61. The molecule has 0 spiro atoms. The van der Waals surface area contributed by atoms with Gasteiger partial charge in [0.1, 0.15) is 18.3 Å². The Hall–Kier alpha value is -0.460. The van der Waals surface area contributed by atoms with Crippen LogP contribution in [0.25, 0.3) is 0 Å². The lowest BCUT2D eigenvalue weighted by molar-refractivity contribution is -0.269. The minimum Gasteiger partial charge on any atom is -0.388 e. The van der Waals surface area contributed by atoms with Gasteiger partial charge in [-0.15, -0.1) is 0 Å². The highest BCUT2D eigenvalue weighted by molar-refractivity contribution is 4.97. The summed E-state index contributed by atoms with van der Waals surface area (Å²) in [6.07, 6.45) is 7.48. The molecule has 27 heavy (non-hydrogen) atoms. The number of aliphatic hydroxyl groups excluding tert-OH is 3. The van der Waals surface area contributed by atoms with E-state index in [1.807, 2.05) is 0 Å². The second kappa shape index (κ2) is 13.7. The SMILES string of the molecule is CC(=CCCCOC1OC[C@@H](O)[C@H](O)[C@H]1O)CCCC(C)CCCC(C)C. The molecule has 2 unspecified atom stereocenters. The maximum absolute atomic E-state index is 9.80. The third-order valence-corrected chi connectivity index (χ3v) is 5.32. The van der Waals surface area contributed by atoms with Crippen molar-refractivity contribution in [1.29, 1.82) is 0 Å². The fourth-order valence-corrected chi connectivity index (χ4v) is 3.41. The highest BCUT2D eigenvalue weighted by Crippen LogP contribution is 2.20. The van der Waals surface area contributed by atoms with Gasteiger partial charge in [-0.25, -0.2) is 0 Å². The summed E-state index contributed by atoms with van der Waals surface area (Å²) >= 11 is 0. The van der Waals surface area contributed by atoms with E-state index in [0.29, 0.717) is 6.61 Å². The van der Waals surface area contributed by atoms with Gasteiger partial charge in [-0.05, 0) is 44.4 Å². The van der Waals surface area contributed by atoms with Crippen molar-refractivity contribution in [2.75, 3.05) is 13.2 Å². The molecule has 1 rings (SSSR count). The largest absolute Gasteiger partial charge is 0.388 e. The molecule has 1 fully saturated rings. The Balaban J connectivity index is 2.06. The molecule has 0 amide bonds. The summed E-state index contributed by atoms with van der Waals surface area (Å²) in [6.45, 7) is 9.59. The van der Waals surface area contributed by atoms with Crippen LogP contribution in [-0.4, -0.2) is 53.1 Å². The van der Waals surface area contributed by atoms with Crippen LogP contribution in [0.15, 0.2) is 11.6 Å². The highest BCUT2D eigenvalue weighted by atomic mass is 16.7. The molecule has 3 N–H and O–H groups in total. The topological polar surface area (TPSA) is 79.2 Å². The van der Waals surface area contributed by atoms with E-state index < -0.39 is 24.6 Å². The zero-order chi connectivity index (χ0) is 20.2. The van der Waals surface area contributed by atoms with Gasteiger partial charge in [0.15, 0.2) is 6.29 Å². The molecule has 0 aromatic rings. The van der Waals surface area contributed by atoms with Crippen molar-refractivity contribution in [2.24, 2.45) is 11.8 Å². The van der Waals surface area contributed by atoms with Crippen LogP contribution >= 0.6 is 0 Å². The molecule has 1 saturated heterocycles. The molecule has 1 heterocycles. The maximum Gasteiger partial charge on any atom is 0.186 e. The van der Waals surface area contributed by atoms with E-state index >= 15 is 0 Å². The van der Waals surface area contributed by atoms with Crippen molar-refractivity contribution in [3.63, 3.8) is 0 Å². The second-order valence-electron chi connectivity index (χ2n) is 8.64. The normalized spacial score (nSPS) is 27.9. The summed E-state index contributed by atoms with van der Waals surface area (Å²) in [7, 11) is 0. The van der Waals surface area contributed by atoms with Gasteiger partial charge in [-0.3, -0.25) is 0 Å². The molecular weight excluding hydrogens is 344 g/mol.